The zero-order chi connectivity index (χ0) is 11.5. The van der Waals surface area contributed by atoms with Crippen molar-refractivity contribution >= 4 is 11.8 Å². The molecule has 15 heavy (non-hydrogen) atoms. The minimum atomic E-state index is -0.406. The lowest BCUT2D eigenvalue weighted by atomic mass is 9.91. The van der Waals surface area contributed by atoms with Crippen LogP contribution in [0.5, 0.6) is 0 Å². The number of rotatable bonds is 3. The van der Waals surface area contributed by atoms with Crippen molar-refractivity contribution in [2.75, 3.05) is 19.6 Å². The van der Waals surface area contributed by atoms with Gasteiger partial charge in [0.2, 0.25) is 11.8 Å². The molecule has 0 saturated carbocycles. The fourth-order valence-corrected chi connectivity index (χ4v) is 1.35. The van der Waals surface area contributed by atoms with Crippen molar-refractivity contribution < 1.29 is 9.59 Å². The van der Waals surface area contributed by atoms with Crippen LogP contribution in [-0.2, 0) is 9.59 Å². The molecule has 0 aromatic rings. The van der Waals surface area contributed by atoms with Crippen molar-refractivity contribution in [3.8, 4) is 6.07 Å². The van der Waals surface area contributed by atoms with Crippen LogP contribution in [0.1, 0.15) is 20.3 Å². The SMILES string of the molecule is CC(C)(C#N)CCN1CC(=O)NC(=O)C1. The second-order valence-corrected chi connectivity index (χ2v) is 4.43. The van der Waals surface area contributed by atoms with Gasteiger partial charge in [0.15, 0.2) is 0 Å². The molecule has 2 amide bonds. The Kier molecular flexibility index (Phi) is 3.43. The molecule has 1 heterocycles. The van der Waals surface area contributed by atoms with E-state index in [1.165, 1.54) is 0 Å². The predicted molar refractivity (Wildman–Crippen MR) is 53.6 cm³/mol. The van der Waals surface area contributed by atoms with Crippen molar-refractivity contribution in [3.63, 3.8) is 0 Å². The summed E-state index contributed by atoms with van der Waals surface area (Å²) >= 11 is 0. The lowest BCUT2D eigenvalue weighted by Gasteiger charge is -2.27. The second kappa shape index (κ2) is 4.41. The van der Waals surface area contributed by atoms with E-state index in [1.807, 2.05) is 13.8 Å². The molecule has 82 valence electrons. The molecular formula is C10H15N3O2. The van der Waals surface area contributed by atoms with Gasteiger partial charge in [-0.25, -0.2) is 0 Å². The van der Waals surface area contributed by atoms with E-state index in [0.717, 1.165) is 0 Å². The molecule has 0 bridgehead atoms. The number of imide groups is 1. The maximum absolute atomic E-state index is 11.0. The molecule has 5 nitrogen and oxygen atoms in total. The van der Waals surface area contributed by atoms with Gasteiger partial charge in [0, 0.05) is 6.54 Å². The Bertz CT molecular complexity index is 301. The van der Waals surface area contributed by atoms with Gasteiger partial charge in [-0.05, 0) is 20.3 Å². The summed E-state index contributed by atoms with van der Waals surface area (Å²) < 4.78 is 0. The summed E-state index contributed by atoms with van der Waals surface area (Å²) in [5, 5.41) is 11.0. The molecule has 1 rings (SSSR count). The maximum Gasteiger partial charge on any atom is 0.240 e. The van der Waals surface area contributed by atoms with Crippen LogP contribution < -0.4 is 5.32 Å². The Balaban J connectivity index is 2.43. The summed E-state index contributed by atoms with van der Waals surface area (Å²) in [5.41, 5.74) is -0.406. The minimum Gasteiger partial charge on any atom is -0.294 e. The summed E-state index contributed by atoms with van der Waals surface area (Å²) in [5.74, 6) is -0.526. The van der Waals surface area contributed by atoms with E-state index in [0.29, 0.717) is 13.0 Å². The quantitative estimate of drug-likeness (QED) is 0.658. The first-order valence-electron chi connectivity index (χ1n) is 4.89. The molecule has 0 aliphatic carbocycles. The monoisotopic (exact) mass is 209 g/mol. The highest BCUT2D eigenvalue weighted by Crippen LogP contribution is 2.18. The van der Waals surface area contributed by atoms with Gasteiger partial charge in [-0.2, -0.15) is 5.26 Å². The summed E-state index contributed by atoms with van der Waals surface area (Å²) in [6, 6.07) is 2.19. The maximum atomic E-state index is 11.0. The predicted octanol–water partition coefficient (Wildman–Crippen LogP) is -0.115. The highest BCUT2D eigenvalue weighted by molar-refractivity contribution is 5.99. The van der Waals surface area contributed by atoms with E-state index in [-0.39, 0.29) is 24.9 Å². The van der Waals surface area contributed by atoms with Crippen molar-refractivity contribution in [1.82, 2.24) is 10.2 Å². The molecule has 0 atom stereocenters. The van der Waals surface area contributed by atoms with Crippen LogP contribution in [0.2, 0.25) is 0 Å². The zero-order valence-corrected chi connectivity index (χ0v) is 9.04. The van der Waals surface area contributed by atoms with Crippen LogP contribution in [0, 0.1) is 16.7 Å². The molecule has 1 saturated heterocycles. The van der Waals surface area contributed by atoms with Gasteiger partial charge < -0.3 is 0 Å². The average molecular weight is 209 g/mol. The van der Waals surface area contributed by atoms with Crippen LogP contribution in [0.3, 0.4) is 0 Å². The molecule has 0 spiro atoms. The van der Waals surface area contributed by atoms with Crippen molar-refractivity contribution in [2.45, 2.75) is 20.3 Å². The number of amides is 2. The first-order valence-corrected chi connectivity index (χ1v) is 4.89. The fourth-order valence-electron chi connectivity index (χ4n) is 1.35. The van der Waals surface area contributed by atoms with Crippen LogP contribution >= 0.6 is 0 Å². The summed E-state index contributed by atoms with van der Waals surface area (Å²) in [7, 11) is 0. The number of nitriles is 1. The van der Waals surface area contributed by atoms with Crippen LogP contribution in [0.25, 0.3) is 0 Å². The van der Waals surface area contributed by atoms with Gasteiger partial charge in [-0.1, -0.05) is 0 Å². The van der Waals surface area contributed by atoms with E-state index in [9.17, 15) is 9.59 Å². The number of nitrogens with zero attached hydrogens (tertiary/aromatic N) is 2. The molecule has 5 heteroatoms. The highest BCUT2D eigenvalue weighted by atomic mass is 16.2. The number of carbonyl (C=O) groups is 2. The molecule has 0 aromatic heterocycles. The topological polar surface area (TPSA) is 73.2 Å². The normalized spacial score (nSPS) is 18.5. The lowest BCUT2D eigenvalue weighted by Crippen LogP contribution is -2.51. The van der Waals surface area contributed by atoms with E-state index in [1.54, 1.807) is 4.90 Å². The highest BCUT2D eigenvalue weighted by Gasteiger charge is 2.24. The molecule has 0 unspecified atom stereocenters. The van der Waals surface area contributed by atoms with Gasteiger partial charge in [0.25, 0.3) is 0 Å². The smallest absolute Gasteiger partial charge is 0.240 e. The van der Waals surface area contributed by atoms with E-state index < -0.39 is 5.41 Å². The Hall–Kier alpha value is -1.41. The summed E-state index contributed by atoms with van der Waals surface area (Å²) in [6.07, 6.45) is 0.657. The number of piperazine rings is 1. The third-order valence-electron chi connectivity index (χ3n) is 2.37. The van der Waals surface area contributed by atoms with E-state index in [2.05, 4.69) is 11.4 Å². The van der Waals surface area contributed by atoms with Crippen LogP contribution in [-0.4, -0.2) is 36.3 Å². The first kappa shape index (κ1) is 11.7. The van der Waals surface area contributed by atoms with Gasteiger partial charge in [0.1, 0.15) is 0 Å². The largest absolute Gasteiger partial charge is 0.294 e. The molecule has 1 fully saturated rings. The molecule has 0 aromatic carbocycles. The third-order valence-corrected chi connectivity index (χ3v) is 2.37. The van der Waals surface area contributed by atoms with Crippen molar-refractivity contribution in [2.24, 2.45) is 5.41 Å². The molecule has 1 aliphatic rings. The number of carbonyl (C=O) groups excluding carboxylic acids is 2. The fraction of sp³-hybridized carbons (Fsp3) is 0.700. The van der Waals surface area contributed by atoms with Gasteiger partial charge in [0.05, 0.1) is 24.6 Å². The molecular weight excluding hydrogens is 194 g/mol. The van der Waals surface area contributed by atoms with Crippen LogP contribution in [0.15, 0.2) is 0 Å². The Morgan fingerprint density at radius 1 is 1.40 bits per heavy atom. The van der Waals surface area contributed by atoms with E-state index >= 15 is 0 Å². The Morgan fingerprint density at radius 3 is 2.40 bits per heavy atom. The van der Waals surface area contributed by atoms with Gasteiger partial charge in [-0.15, -0.1) is 0 Å². The Morgan fingerprint density at radius 2 is 1.93 bits per heavy atom. The number of hydrogen-bond donors (Lipinski definition) is 1. The second-order valence-electron chi connectivity index (χ2n) is 4.43. The molecule has 1 aliphatic heterocycles. The standard InChI is InChI=1S/C10H15N3O2/c1-10(2,7-11)3-4-13-5-8(14)12-9(15)6-13/h3-6H2,1-2H3,(H,12,14,15). The van der Waals surface area contributed by atoms with Gasteiger partial charge >= 0.3 is 0 Å². The first-order chi connectivity index (χ1) is 6.93. The number of nitrogens with one attached hydrogen (secondary N) is 1. The van der Waals surface area contributed by atoms with Crippen molar-refractivity contribution in [1.29, 1.82) is 5.26 Å². The van der Waals surface area contributed by atoms with Crippen LogP contribution in [0.4, 0.5) is 0 Å². The Labute approximate surface area is 89.0 Å². The number of hydrogen-bond acceptors (Lipinski definition) is 4. The van der Waals surface area contributed by atoms with E-state index in [4.69, 9.17) is 5.26 Å². The third kappa shape index (κ3) is 3.68. The van der Waals surface area contributed by atoms with Crippen molar-refractivity contribution in [3.05, 3.63) is 0 Å². The molecule has 1 N–H and O–H groups in total. The zero-order valence-electron chi connectivity index (χ0n) is 9.04. The molecule has 0 radical (unpaired) electrons. The average Bonchev–Trinajstić information content (AvgIpc) is 2.14. The van der Waals surface area contributed by atoms with Gasteiger partial charge in [-0.3, -0.25) is 19.8 Å². The summed E-state index contributed by atoms with van der Waals surface area (Å²) in [6.45, 7) is 4.78. The minimum absolute atomic E-state index is 0.243. The summed E-state index contributed by atoms with van der Waals surface area (Å²) in [4.78, 5) is 23.8. The lowest BCUT2D eigenvalue weighted by molar-refractivity contribution is -0.136.